The topological polar surface area (TPSA) is 23.5 Å². The molecule has 2 heteroatoms. The number of allylic oxidation sites excluding steroid dienone is 1. The van der Waals surface area contributed by atoms with Crippen molar-refractivity contribution in [3.8, 4) is 0 Å². The van der Waals surface area contributed by atoms with Gasteiger partial charge in [-0.3, -0.25) is 4.90 Å². The summed E-state index contributed by atoms with van der Waals surface area (Å²) < 4.78 is 0. The summed E-state index contributed by atoms with van der Waals surface area (Å²) in [6, 6.07) is 0.296. The first-order valence-corrected chi connectivity index (χ1v) is 7.54. The minimum Gasteiger partial charge on any atom is -0.389 e. The molecule has 1 N–H and O–H groups in total. The Morgan fingerprint density at radius 1 is 1.44 bits per heavy atom. The van der Waals surface area contributed by atoms with E-state index in [0.717, 1.165) is 32.4 Å². The van der Waals surface area contributed by atoms with Crippen molar-refractivity contribution < 1.29 is 5.11 Å². The van der Waals surface area contributed by atoms with Gasteiger partial charge in [0.1, 0.15) is 0 Å². The molecule has 106 valence electrons. The van der Waals surface area contributed by atoms with Crippen LogP contribution in [0, 0.1) is 5.92 Å². The van der Waals surface area contributed by atoms with Gasteiger partial charge in [0.15, 0.2) is 0 Å². The lowest BCUT2D eigenvalue weighted by molar-refractivity contribution is -0.0682. The standard InChI is InChI=1S/C16H31NO/c1-6-8-11-17(7-2)15-12-14(13(3)4)9-10-16(15,5)18/h14-15,18H,3,6-12H2,1-2,4-5H3. The first-order valence-electron chi connectivity index (χ1n) is 7.54. The van der Waals surface area contributed by atoms with Crippen LogP contribution >= 0.6 is 0 Å². The maximum Gasteiger partial charge on any atom is 0.0774 e. The molecule has 0 aromatic rings. The molecular weight excluding hydrogens is 222 g/mol. The highest BCUT2D eigenvalue weighted by molar-refractivity contribution is 5.05. The van der Waals surface area contributed by atoms with E-state index >= 15 is 0 Å². The second kappa shape index (κ2) is 6.72. The molecule has 0 aromatic carbocycles. The van der Waals surface area contributed by atoms with Crippen molar-refractivity contribution in [3.63, 3.8) is 0 Å². The van der Waals surface area contributed by atoms with E-state index in [2.05, 4.69) is 32.3 Å². The minimum atomic E-state index is -0.532. The molecule has 2 nitrogen and oxygen atoms in total. The van der Waals surface area contributed by atoms with Crippen LogP contribution in [0.1, 0.15) is 59.8 Å². The van der Waals surface area contributed by atoms with Gasteiger partial charge in [0.2, 0.25) is 0 Å². The van der Waals surface area contributed by atoms with Gasteiger partial charge in [0, 0.05) is 6.04 Å². The van der Waals surface area contributed by atoms with E-state index in [1.807, 2.05) is 6.92 Å². The van der Waals surface area contributed by atoms with Gasteiger partial charge in [0.05, 0.1) is 5.60 Å². The number of hydrogen-bond donors (Lipinski definition) is 1. The zero-order chi connectivity index (χ0) is 13.8. The summed E-state index contributed by atoms with van der Waals surface area (Å²) in [6.45, 7) is 14.8. The fraction of sp³-hybridized carbons (Fsp3) is 0.875. The van der Waals surface area contributed by atoms with Crippen LogP contribution in [0.3, 0.4) is 0 Å². The molecule has 0 aromatic heterocycles. The molecule has 0 spiro atoms. The maximum atomic E-state index is 10.7. The third-order valence-electron chi connectivity index (χ3n) is 4.57. The Morgan fingerprint density at radius 2 is 2.11 bits per heavy atom. The Balaban J connectivity index is 2.75. The zero-order valence-corrected chi connectivity index (χ0v) is 12.7. The Morgan fingerprint density at radius 3 is 2.61 bits per heavy atom. The molecule has 1 aliphatic carbocycles. The van der Waals surface area contributed by atoms with Gasteiger partial charge >= 0.3 is 0 Å². The smallest absolute Gasteiger partial charge is 0.0774 e. The first-order chi connectivity index (χ1) is 8.42. The van der Waals surface area contributed by atoms with Crippen molar-refractivity contribution >= 4 is 0 Å². The highest BCUT2D eigenvalue weighted by atomic mass is 16.3. The van der Waals surface area contributed by atoms with Crippen molar-refractivity contribution in [1.82, 2.24) is 4.90 Å². The van der Waals surface area contributed by atoms with Crippen molar-refractivity contribution in [1.29, 1.82) is 0 Å². The van der Waals surface area contributed by atoms with Gasteiger partial charge in [-0.25, -0.2) is 0 Å². The lowest BCUT2D eigenvalue weighted by Gasteiger charge is -2.46. The molecular formula is C16H31NO. The molecule has 18 heavy (non-hydrogen) atoms. The predicted octanol–water partition coefficient (Wildman–Crippen LogP) is 3.60. The van der Waals surface area contributed by atoms with Crippen LogP contribution in [0.2, 0.25) is 0 Å². The summed E-state index contributed by atoms with van der Waals surface area (Å²) in [6.07, 6.45) is 5.50. The van der Waals surface area contributed by atoms with E-state index in [4.69, 9.17) is 0 Å². The molecule has 0 heterocycles. The number of hydrogen-bond acceptors (Lipinski definition) is 2. The lowest BCUT2D eigenvalue weighted by Crippen LogP contribution is -2.54. The molecule has 3 atom stereocenters. The summed E-state index contributed by atoms with van der Waals surface area (Å²) in [5.41, 5.74) is 0.748. The summed E-state index contributed by atoms with van der Waals surface area (Å²) in [5, 5.41) is 10.7. The van der Waals surface area contributed by atoms with Crippen molar-refractivity contribution in [2.75, 3.05) is 13.1 Å². The molecule has 0 aliphatic heterocycles. The second-order valence-electron chi connectivity index (χ2n) is 6.17. The Labute approximate surface area is 113 Å². The van der Waals surface area contributed by atoms with Crippen molar-refractivity contribution in [2.24, 2.45) is 5.92 Å². The van der Waals surface area contributed by atoms with E-state index in [-0.39, 0.29) is 0 Å². The molecule has 1 rings (SSSR count). The van der Waals surface area contributed by atoms with Gasteiger partial charge in [-0.2, -0.15) is 0 Å². The normalized spacial score (nSPS) is 32.8. The molecule has 1 aliphatic rings. The van der Waals surface area contributed by atoms with Crippen LogP contribution in [0.25, 0.3) is 0 Å². The molecule has 0 amide bonds. The van der Waals surface area contributed by atoms with Crippen LogP contribution in [-0.4, -0.2) is 34.7 Å². The molecule has 0 saturated heterocycles. The predicted molar refractivity (Wildman–Crippen MR) is 78.7 cm³/mol. The quantitative estimate of drug-likeness (QED) is 0.731. The van der Waals surface area contributed by atoms with Gasteiger partial charge in [-0.15, -0.1) is 0 Å². The molecule has 0 bridgehead atoms. The summed E-state index contributed by atoms with van der Waals surface area (Å²) in [7, 11) is 0. The third-order valence-corrected chi connectivity index (χ3v) is 4.57. The second-order valence-corrected chi connectivity index (χ2v) is 6.17. The van der Waals surface area contributed by atoms with E-state index in [1.54, 1.807) is 0 Å². The number of nitrogens with zero attached hydrogens (tertiary/aromatic N) is 1. The Hall–Kier alpha value is -0.340. The average molecular weight is 253 g/mol. The summed E-state index contributed by atoms with van der Waals surface area (Å²) in [4.78, 5) is 2.47. The van der Waals surface area contributed by atoms with E-state index in [0.29, 0.717) is 12.0 Å². The molecule has 3 unspecified atom stereocenters. The van der Waals surface area contributed by atoms with Gasteiger partial charge in [0.25, 0.3) is 0 Å². The average Bonchev–Trinajstić information content (AvgIpc) is 2.31. The molecule has 1 fully saturated rings. The fourth-order valence-corrected chi connectivity index (χ4v) is 3.16. The van der Waals surface area contributed by atoms with Gasteiger partial charge < -0.3 is 5.11 Å². The van der Waals surface area contributed by atoms with Crippen molar-refractivity contribution in [2.45, 2.75) is 71.4 Å². The zero-order valence-electron chi connectivity index (χ0n) is 12.7. The Kier molecular flexibility index (Phi) is 5.87. The van der Waals surface area contributed by atoms with E-state index < -0.39 is 5.60 Å². The highest BCUT2D eigenvalue weighted by Gasteiger charge is 2.41. The fourth-order valence-electron chi connectivity index (χ4n) is 3.16. The van der Waals surface area contributed by atoms with Crippen LogP contribution in [0.5, 0.6) is 0 Å². The van der Waals surface area contributed by atoms with Crippen LogP contribution in [-0.2, 0) is 0 Å². The lowest BCUT2D eigenvalue weighted by atomic mass is 9.73. The number of likely N-dealkylation sites (N-methyl/N-ethyl adjacent to an activating group) is 1. The van der Waals surface area contributed by atoms with Crippen LogP contribution in [0.4, 0.5) is 0 Å². The van der Waals surface area contributed by atoms with E-state index in [9.17, 15) is 5.11 Å². The Bertz CT molecular complexity index is 272. The summed E-state index contributed by atoms with van der Waals surface area (Å²) in [5.74, 6) is 0.589. The number of rotatable bonds is 6. The van der Waals surface area contributed by atoms with E-state index in [1.165, 1.54) is 18.4 Å². The monoisotopic (exact) mass is 253 g/mol. The number of unbranched alkanes of at least 4 members (excludes halogenated alkanes) is 1. The number of aliphatic hydroxyl groups is 1. The van der Waals surface area contributed by atoms with Gasteiger partial charge in [-0.05, 0) is 58.5 Å². The van der Waals surface area contributed by atoms with Crippen molar-refractivity contribution in [3.05, 3.63) is 12.2 Å². The SMILES string of the molecule is C=C(C)C1CCC(C)(O)C(N(CC)CCCC)C1. The van der Waals surface area contributed by atoms with Gasteiger partial charge in [-0.1, -0.05) is 32.4 Å². The highest BCUT2D eigenvalue weighted by Crippen LogP contribution is 2.38. The van der Waals surface area contributed by atoms with Crippen LogP contribution < -0.4 is 0 Å². The minimum absolute atomic E-state index is 0.296. The molecule has 0 radical (unpaired) electrons. The first kappa shape index (κ1) is 15.7. The summed E-state index contributed by atoms with van der Waals surface area (Å²) >= 11 is 0. The third kappa shape index (κ3) is 3.83. The largest absolute Gasteiger partial charge is 0.389 e. The molecule has 1 saturated carbocycles. The maximum absolute atomic E-state index is 10.7. The van der Waals surface area contributed by atoms with Crippen LogP contribution in [0.15, 0.2) is 12.2 Å².